The van der Waals surface area contributed by atoms with Crippen LogP contribution in [0.25, 0.3) is 0 Å². The molecule has 0 bridgehead atoms. The molecule has 0 radical (unpaired) electrons. The van der Waals surface area contributed by atoms with Crippen molar-refractivity contribution in [3.8, 4) is 17.2 Å². The lowest BCUT2D eigenvalue weighted by atomic mass is 10.0. The molecule has 1 unspecified atom stereocenters. The number of rotatable bonds is 10. The number of hydrogen-bond acceptors (Lipinski definition) is 4. The Hall–Kier alpha value is -2.69. The molecule has 27 heavy (non-hydrogen) atoms. The van der Waals surface area contributed by atoms with Gasteiger partial charge in [-0.2, -0.15) is 0 Å². The molecule has 0 heterocycles. The van der Waals surface area contributed by atoms with E-state index in [1.54, 1.807) is 14.2 Å². The van der Waals surface area contributed by atoms with E-state index in [0.29, 0.717) is 30.9 Å². The molecule has 1 atom stereocenters. The van der Waals surface area contributed by atoms with Gasteiger partial charge in [0, 0.05) is 6.42 Å². The highest BCUT2D eigenvalue weighted by Gasteiger charge is 2.15. The average Bonchev–Trinajstić information content (AvgIpc) is 2.70. The standard InChI is InChI=1S/C22H29NO4/c1-5-19(17-10-13-20(25-3)21(15-17)26-4)23-22(24)7-6-14-27-18-11-8-16(2)9-12-18/h8-13,15,19H,5-7,14H2,1-4H3,(H,23,24). The van der Waals surface area contributed by atoms with Crippen LogP contribution in [-0.2, 0) is 4.79 Å². The summed E-state index contributed by atoms with van der Waals surface area (Å²) in [4.78, 5) is 12.3. The third kappa shape index (κ3) is 6.20. The van der Waals surface area contributed by atoms with Crippen LogP contribution in [0.5, 0.6) is 17.2 Å². The minimum Gasteiger partial charge on any atom is -0.494 e. The van der Waals surface area contributed by atoms with Gasteiger partial charge in [-0.25, -0.2) is 0 Å². The number of methoxy groups -OCH3 is 2. The first-order chi connectivity index (χ1) is 13.1. The van der Waals surface area contributed by atoms with Crippen LogP contribution in [0.4, 0.5) is 0 Å². The van der Waals surface area contributed by atoms with Gasteiger partial charge in [-0.1, -0.05) is 30.7 Å². The second kappa shape index (κ2) is 10.5. The van der Waals surface area contributed by atoms with E-state index in [1.807, 2.05) is 56.3 Å². The van der Waals surface area contributed by atoms with Crippen LogP contribution in [0.1, 0.15) is 43.4 Å². The molecule has 146 valence electrons. The summed E-state index contributed by atoms with van der Waals surface area (Å²) >= 11 is 0. The van der Waals surface area contributed by atoms with E-state index in [9.17, 15) is 4.79 Å². The third-order valence-corrected chi connectivity index (χ3v) is 4.39. The Balaban J connectivity index is 1.83. The molecule has 0 saturated heterocycles. The molecule has 1 N–H and O–H groups in total. The van der Waals surface area contributed by atoms with Crippen LogP contribution < -0.4 is 19.5 Å². The molecule has 5 nitrogen and oxygen atoms in total. The monoisotopic (exact) mass is 371 g/mol. The van der Waals surface area contributed by atoms with Crippen LogP contribution in [0.15, 0.2) is 42.5 Å². The second-order valence-electron chi connectivity index (χ2n) is 6.41. The number of benzene rings is 2. The Morgan fingerprint density at radius 1 is 1.04 bits per heavy atom. The lowest BCUT2D eigenvalue weighted by Crippen LogP contribution is -2.28. The Labute approximate surface area is 161 Å². The number of nitrogens with one attached hydrogen (secondary N) is 1. The molecule has 0 spiro atoms. The van der Waals surface area contributed by atoms with Gasteiger partial charge in [0.15, 0.2) is 11.5 Å². The quantitative estimate of drug-likeness (QED) is 0.628. The molecular formula is C22H29NO4. The summed E-state index contributed by atoms with van der Waals surface area (Å²) in [6, 6.07) is 13.6. The van der Waals surface area contributed by atoms with E-state index in [1.165, 1.54) is 5.56 Å². The van der Waals surface area contributed by atoms with E-state index >= 15 is 0 Å². The molecular weight excluding hydrogens is 342 g/mol. The van der Waals surface area contributed by atoms with Gasteiger partial charge < -0.3 is 19.5 Å². The number of amides is 1. The Kier molecular flexibility index (Phi) is 7.99. The molecule has 5 heteroatoms. The van der Waals surface area contributed by atoms with Gasteiger partial charge in [0.25, 0.3) is 0 Å². The topological polar surface area (TPSA) is 56.8 Å². The maximum Gasteiger partial charge on any atom is 0.220 e. The summed E-state index contributed by atoms with van der Waals surface area (Å²) in [5.41, 5.74) is 2.20. The largest absolute Gasteiger partial charge is 0.494 e. The molecule has 0 aromatic heterocycles. The van der Waals surface area contributed by atoms with Gasteiger partial charge in [0.05, 0.1) is 26.9 Å². The number of aryl methyl sites for hydroxylation is 1. The normalized spacial score (nSPS) is 11.6. The molecule has 2 aromatic carbocycles. The predicted molar refractivity (Wildman–Crippen MR) is 107 cm³/mol. The zero-order chi connectivity index (χ0) is 19.6. The lowest BCUT2D eigenvalue weighted by molar-refractivity contribution is -0.122. The zero-order valence-corrected chi connectivity index (χ0v) is 16.6. The third-order valence-electron chi connectivity index (χ3n) is 4.39. The first kappa shape index (κ1) is 20.6. The Morgan fingerprint density at radius 2 is 1.74 bits per heavy atom. The summed E-state index contributed by atoms with van der Waals surface area (Å²) in [6.45, 7) is 4.60. The average molecular weight is 371 g/mol. The van der Waals surface area contributed by atoms with Crippen LogP contribution >= 0.6 is 0 Å². The second-order valence-corrected chi connectivity index (χ2v) is 6.41. The molecule has 2 rings (SSSR count). The van der Waals surface area contributed by atoms with Crippen molar-refractivity contribution in [3.05, 3.63) is 53.6 Å². The van der Waals surface area contributed by atoms with Crippen molar-refractivity contribution < 1.29 is 19.0 Å². The first-order valence-corrected chi connectivity index (χ1v) is 9.28. The summed E-state index contributed by atoms with van der Waals surface area (Å²) in [5, 5.41) is 3.09. The van der Waals surface area contributed by atoms with Crippen molar-refractivity contribution in [2.24, 2.45) is 0 Å². The molecule has 2 aromatic rings. The molecule has 0 fully saturated rings. The van der Waals surface area contributed by atoms with Crippen molar-refractivity contribution in [3.63, 3.8) is 0 Å². The highest BCUT2D eigenvalue weighted by Crippen LogP contribution is 2.30. The van der Waals surface area contributed by atoms with Gasteiger partial charge >= 0.3 is 0 Å². The SMILES string of the molecule is CCC(NC(=O)CCCOc1ccc(C)cc1)c1ccc(OC)c(OC)c1. The lowest BCUT2D eigenvalue weighted by Gasteiger charge is -2.19. The van der Waals surface area contributed by atoms with Crippen molar-refractivity contribution in [2.45, 2.75) is 39.2 Å². The summed E-state index contributed by atoms with van der Waals surface area (Å²) < 4.78 is 16.3. The van der Waals surface area contributed by atoms with E-state index in [0.717, 1.165) is 17.7 Å². The highest BCUT2D eigenvalue weighted by molar-refractivity contribution is 5.76. The summed E-state index contributed by atoms with van der Waals surface area (Å²) in [6.07, 6.45) is 1.89. The molecule has 0 aliphatic heterocycles. The van der Waals surface area contributed by atoms with Crippen LogP contribution in [0, 0.1) is 6.92 Å². The van der Waals surface area contributed by atoms with Crippen molar-refractivity contribution in [2.75, 3.05) is 20.8 Å². The molecule has 0 saturated carbocycles. The van der Waals surface area contributed by atoms with E-state index in [2.05, 4.69) is 5.32 Å². The number of carbonyl (C=O) groups excluding carboxylic acids is 1. The van der Waals surface area contributed by atoms with E-state index < -0.39 is 0 Å². The molecule has 0 aliphatic rings. The minimum absolute atomic E-state index is 0.0177. The minimum atomic E-state index is -0.0599. The fraction of sp³-hybridized carbons (Fsp3) is 0.409. The maximum absolute atomic E-state index is 12.3. The smallest absolute Gasteiger partial charge is 0.220 e. The fourth-order valence-electron chi connectivity index (χ4n) is 2.81. The van der Waals surface area contributed by atoms with E-state index in [4.69, 9.17) is 14.2 Å². The van der Waals surface area contributed by atoms with Crippen molar-refractivity contribution in [1.82, 2.24) is 5.32 Å². The van der Waals surface area contributed by atoms with Gasteiger partial charge in [-0.15, -0.1) is 0 Å². The van der Waals surface area contributed by atoms with Crippen LogP contribution in [0.3, 0.4) is 0 Å². The first-order valence-electron chi connectivity index (χ1n) is 9.28. The summed E-state index contributed by atoms with van der Waals surface area (Å²) in [5.74, 6) is 2.19. The van der Waals surface area contributed by atoms with E-state index in [-0.39, 0.29) is 11.9 Å². The Morgan fingerprint density at radius 3 is 2.37 bits per heavy atom. The molecule has 0 aliphatic carbocycles. The number of hydrogen-bond donors (Lipinski definition) is 1. The number of ether oxygens (including phenoxy) is 3. The molecule has 1 amide bonds. The van der Waals surface area contributed by atoms with Gasteiger partial charge in [0.2, 0.25) is 5.91 Å². The van der Waals surface area contributed by atoms with Crippen LogP contribution in [-0.4, -0.2) is 26.7 Å². The maximum atomic E-state index is 12.3. The Bertz CT molecular complexity index is 728. The van der Waals surface area contributed by atoms with Gasteiger partial charge in [-0.3, -0.25) is 4.79 Å². The predicted octanol–water partition coefficient (Wildman–Crippen LogP) is 4.44. The fourth-order valence-corrected chi connectivity index (χ4v) is 2.81. The van der Waals surface area contributed by atoms with Crippen molar-refractivity contribution in [1.29, 1.82) is 0 Å². The van der Waals surface area contributed by atoms with Gasteiger partial charge in [-0.05, 0) is 49.6 Å². The summed E-state index contributed by atoms with van der Waals surface area (Å²) in [7, 11) is 3.21. The highest BCUT2D eigenvalue weighted by atomic mass is 16.5. The van der Waals surface area contributed by atoms with Gasteiger partial charge in [0.1, 0.15) is 5.75 Å². The van der Waals surface area contributed by atoms with Crippen molar-refractivity contribution >= 4 is 5.91 Å². The number of carbonyl (C=O) groups is 1. The zero-order valence-electron chi connectivity index (χ0n) is 16.6. The van der Waals surface area contributed by atoms with Crippen LogP contribution in [0.2, 0.25) is 0 Å².